The van der Waals surface area contributed by atoms with Gasteiger partial charge in [-0.15, -0.1) is 0 Å². The molecular formula is C45H40N4O. The predicted molar refractivity (Wildman–Crippen MR) is 205 cm³/mol. The predicted octanol–water partition coefficient (Wildman–Crippen LogP) is 11.4. The van der Waals surface area contributed by atoms with E-state index in [-0.39, 0.29) is 10.8 Å². The third kappa shape index (κ3) is 5.65. The summed E-state index contributed by atoms with van der Waals surface area (Å²) in [5.41, 5.74) is 7.54. The van der Waals surface area contributed by atoms with Crippen molar-refractivity contribution in [1.29, 1.82) is 0 Å². The number of imidazole rings is 1. The van der Waals surface area contributed by atoms with E-state index < -0.39 is 0 Å². The van der Waals surface area contributed by atoms with Crippen molar-refractivity contribution >= 4 is 21.8 Å². The number of nitrogens with zero attached hydrogens (tertiary/aromatic N) is 4. The molecule has 5 aromatic carbocycles. The van der Waals surface area contributed by atoms with Crippen LogP contribution in [-0.2, 0) is 10.8 Å². The van der Waals surface area contributed by atoms with Gasteiger partial charge in [-0.3, -0.25) is 9.13 Å². The van der Waals surface area contributed by atoms with Gasteiger partial charge in [-0.1, -0.05) is 101 Å². The number of para-hydroxylation sites is 2. The fraction of sp³-hybridized carbons (Fsp3) is 0.156. The highest BCUT2D eigenvalue weighted by atomic mass is 16.5. The second-order valence-electron chi connectivity index (χ2n) is 14.5. The second-order valence-corrected chi connectivity index (χ2v) is 14.5. The van der Waals surface area contributed by atoms with Crippen molar-refractivity contribution in [3.05, 3.63) is 169 Å². The van der Waals surface area contributed by atoms with Gasteiger partial charge in [-0.2, -0.15) is 0 Å². The van der Waals surface area contributed by atoms with Crippen molar-refractivity contribution in [2.75, 3.05) is 0 Å². The Kier molecular flexibility index (Phi) is 7.64. The number of aromatic nitrogens is 4. The van der Waals surface area contributed by atoms with E-state index in [1.54, 1.807) is 0 Å². The summed E-state index contributed by atoms with van der Waals surface area (Å²) in [5.74, 6) is 3.26. The van der Waals surface area contributed by atoms with Gasteiger partial charge >= 0.3 is 0 Å². The fourth-order valence-corrected chi connectivity index (χ4v) is 6.88. The summed E-state index contributed by atoms with van der Waals surface area (Å²) in [5, 5.41) is 2.32. The van der Waals surface area contributed by atoms with Crippen LogP contribution in [0.5, 0.6) is 11.5 Å². The quantitative estimate of drug-likeness (QED) is 0.172. The topological polar surface area (TPSA) is 44.9 Å². The van der Waals surface area contributed by atoms with E-state index in [4.69, 9.17) is 14.7 Å². The third-order valence-electron chi connectivity index (χ3n) is 9.78. The lowest BCUT2D eigenvalue weighted by atomic mass is 9.78. The van der Waals surface area contributed by atoms with Crippen LogP contribution in [0.3, 0.4) is 0 Å². The van der Waals surface area contributed by atoms with Crippen molar-refractivity contribution in [3.8, 4) is 34.4 Å². The molecule has 0 aliphatic heterocycles. The molecule has 0 N–H and O–H groups in total. The van der Waals surface area contributed by atoms with E-state index in [1.165, 1.54) is 22.1 Å². The van der Waals surface area contributed by atoms with Crippen molar-refractivity contribution in [1.82, 2.24) is 19.1 Å². The highest BCUT2D eigenvalue weighted by Gasteiger charge is 2.25. The Labute approximate surface area is 293 Å². The van der Waals surface area contributed by atoms with E-state index >= 15 is 0 Å². The molecule has 0 fully saturated rings. The number of hydrogen-bond donors (Lipinski definition) is 0. The van der Waals surface area contributed by atoms with Gasteiger partial charge in [0.25, 0.3) is 0 Å². The van der Waals surface area contributed by atoms with Crippen molar-refractivity contribution in [2.24, 2.45) is 0 Å². The molecule has 3 aromatic heterocycles. The number of benzene rings is 5. The number of pyridine rings is 1. The lowest BCUT2D eigenvalue weighted by molar-refractivity contribution is 0.479. The molecule has 5 nitrogen and oxygen atoms in total. The Hall–Kier alpha value is -5.94. The van der Waals surface area contributed by atoms with E-state index in [9.17, 15) is 0 Å². The summed E-state index contributed by atoms with van der Waals surface area (Å²) in [6, 6.07) is 46.7. The van der Waals surface area contributed by atoms with E-state index in [2.05, 4.69) is 159 Å². The van der Waals surface area contributed by atoms with Gasteiger partial charge in [-0.25, -0.2) is 9.97 Å². The molecule has 50 heavy (non-hydrogen) atoms. The smallest absolute Gasteiger partial charge is 0.144 e. The average molecular weight is 653 g/mol. The highest BCUT2D eigenvalue weighted by Crippen LogP contribution is 2.39. The summed E-state index contributed by atoms with van der Waals surface area (Å²) in [4.78, 5) is 9.71. The highest BCUT2D eigenvalue weighted by molar-refractivity contribution is 6.09. The molecule has 0 saturated carbocycles. The van der Waals surface area contributed by atoms with Crippen LogP contribution in [0.15, 0.2) is 152 Å². The van der Waals surface area contributed by atoms with Gasteiger partial charge in [0.1, 0.15) is 23.1 Å². The van der Waals surface area contributed by atoms with Crippen molar-refractivity contribution in [2.45, 2.75) is 45.4 Å². The molecule has 0 saturated heterocycles. The van der Waals surface area contributed by atoms with Crippen molar-refractivity contribution < 1.29 is 4.74 Å². The monoisotopic (exact) mass is 652 g/mol. The first kappa shape index (κ1) is 31.3. The zero-order valence-corrected chi connectivity index (χ0v) is 29.1. The maximum absolute atomic E-state index is 6.76. The summed E-state index contributed by atoms with van der Waals surface area (Å²) < 4.78 is 11.1. The van der Waals surface area contributed by atoms with Crippen LogP contribution in [-0.4, -0.2) is 19.1 Å². The lowest BCUT2D eigenvalue weighted by Crippen LogP contribution is -2.19. The number of fused-ring (bicyclic) bond motifs is 3. The first-order valence-electron chi connectivity index (χ1n) is 17.1. The molecule has 0 spiro atoms. The summed E-state index contributed by atoms with van der Waals surface area (Å²) in [7, 11) is 0. The molecule has 5 heteroatoms. The van der Waals surface area contributed by atoms with E-state index in [0.29, 0.717) is 0 Å². The molecule has 0 atom stereocenters. The van der Waals surface area contributed by atoms with E-state index in [1.807, 2.05) is 36.8 Å². The molecule has 0 amide bonds. The SMILES string of the molecule is CC(C)(C)c1cc(Oc2ccc3c4ccccc4n(-c4cc(C(C)(C)c5ccccc5)ccn4)c3c2)cc(-c2nccn2-c2ccccc2)c1. The largest absolute Gasteiger partial charge is 0.457 e. The normalized spacial score (nSPS) is 12.1. The molecule has 8 aromatic rings. The average Bonchev–Trinajstić information content (AvgIpc) is 3.75. The van der Waals surface area contributed by atoms with Gasteiger partial charge < -0.3 is 4.74 Å². The van der Waals surface area contributed by atoms with Crippen LogP contribution in [0.1, 0.15) is 51.3 Å². The van der Waals surface area contributed by atoms with Crippen LogP contribution in [0.4, 0.5) is 0 Å². The van der Waals surface area contributed by atoms with Crippen LogP contribution in [0.25, 0.3) is 44.7 Å². The second kappa shape index (κ2) is 12.2. The minimum atomic E-state index is -0.197. The number of rotatable bonds is 7. The summed E-state index contributed by atoms with van der Waals surface area (Å²) >= 11 is 0. The van der Waals surface area contributed by atoms with Gasteiger partial charge in [0.2, 0.25) is 0 Å². The molecular weight excluding hydrogens is 613 g/mol. The zero-order valence-electron chi connectivity index (χ0n) is 29.1. The van der Waals surface area contributed by atoms with Gasteiger partial charge in [-0.05, 0) is 82.8 Å². The molecule has 0 aliphatic rings. The maximum atomic E-state index is 6.76. The summed E-state index contributed by atoms with van der Waals surface area (Å²) in [6.45, 7) is 11.2. The fourth-order valence-electron chi connectivity index (χ4n) is 6.88. The molecule has 0 bridgehead atoms. The third-order valence-corrected chi connectivity index (χ3v) is 9.78. The molecule has 0 radical (unpaired) electrons. The Morgan fingerprint density at radius 2 is 1.26 bits per heavy atom. The Morgan fingerprint density at radius 1 is 0.540 bits per heavy atom. The van der Waals surface area contributed by atoms with Gasteiger partial charge in [0.05, 0.1) is 11.0 Å². The molecule has 0 aliphatic carbocycles. The number of hydrogen-bond acceptors (Lipinski definition) is 3. The molecule has 0 unspecified atom stereocenters. The number of ether oxygens (including phenoxy) is 1. The van der Waals surface area contributed by atoms with Crippen molar-refractivity contribution in [3.63, 3.8) is 0 Å². The maximum Gasteiger partial charge on any atom is 0.144 e. The first-order valence-corrected chi connectivity index (χ1v) is 17.1. The van der Waals surface area contributed by atoms with Gasteiger partial charge in [0, 0.05) is 52.1 Å². The Bertz CT molecular complexity index is 2470. The molecule has 8 rings (SSSR count). The minimum Gasteiger partial charge on any atom is -0.457 e. The standard InChI is InChI=1S/C45H40N4O/c1-44(2,3)34-26-31(43-47-24-25-48(43)35-16-10-7-11-17-35)27-37(28-34)50-36-20-21-39-38-18-12-13-19-40(38)49(41(39)30-36)42-29-33(22-23-46-42)45(4,5)32-14-8-6-9-15-32/h6-30H,1-5H3. The van der Waals surface area contributed by atoms with Crippen LogP contribution >= 0.6 is 0 Å². The lowest BCUT2D eigenvalue weighted by Gasteiger charge is -2.26. The van der Waals surface area contributed by atoms with Crippen LogP contribution < -0.4 is 4.74 Å². The first-order chi connectivity index (χ1) is 24.2. The van der Waals surface area contributed by atoms with E-state index in [0.717, 1.165) is 50.8 Å². The molecule has 246 valence electrons. The molecule has 3 heterocycles. The minimum absolute atomic E-state index is 0.0983. The van der Waals surface area contributed by atoms with Crippen LogP contribution in [0.2, 0.25) is 0 Å². The summed E-state index contributed by atoms with van der Waals surface area (Å²) in [6.07, 6.45) is 5.78. The Morgan fingerprint density at radius 3 is 2.04 bits per heavy atom. The van der Waals surface area contributed by atoms with Gasteiger partial charge in [0.15, 0.2) is 0 Å². The van der Waals surface area contributed by atoms with Crippen LogP contribution in [0, 0.1) is 0 Å². The zero-order chi connectivity index (χ0) is 34.5. The Balaban J connectivity index is 1.24.